The van der Waals surface area contributed by atoms with E-state index in [0.717, 1.165) is 0 Å². The minimum atomic E-state index is -5.59. The van der Waals surface area contributed by atoms with Crippen molar-refractivity contribution in [1.82, 2.24) is 26.6 Å². The quantitative estimate of drug-likeness (QED) is 0.00995. The summed E-state index contributed by atoms with van der Waals surface area (Å²) in [6.07, 6.45) is -2.43. The first kappa shape index (κ1) is 76.9. The first-order valence-corrected chi connectivity index (χ1v) is 32.0. The van der Waals surface area contributed by atoms with Crippen LogP contribution in [-0.2, 0) is 84.9 Å². The molecule has 80 heavy (non-hydrogen) atoms. The van der Waals surface area contributed by atoms with Gasteiger partial charge >= 0.3 is 22.8 Å². The standard InChI is InChI=1S/C41H82N8O27P4/c1-77(57,58)40(55,78(59,60)61)9-2-11-43-35(50)4-16-68-24-27-71-21-13-45-37(52)6-19-75-32-34(48-39(54)8-18-70-26-30-74-31-29-73-23-15-47-49-42)33-76-20-7-38(53)46-14-22-72-28-25-69-17-5-36(51)44-12-3-10-41(56,79(62,63)64)80(65,66)67/h34,55-56H,2-33H2,1H3,(H,43,50)(H,44,51)(H,45,52)(H,46,53)(H,48,54)(H,57,58)(H2,59,60,61)(H2,62,63,64)(H2,65,66,67). The van der Waals surface area contributed by atoms with Gasteiger partial charge in [0.25, 0.3) is 5.08 Å². The number of ether oxygens (including phenoxy) is 9. The Morgan fingerprint density at radius 1 is 0.450 bits per heavy atom. The van der Waals surface area contributed by atoms with E-state index in [1.54, 1.807) is 0 Å². The van der Waals surface area contributed by atoms with Crippen LogP contribution in [0.5, 0.6) is 0 Å². The smallest absolute Gasteiger partial charge is 0.369 e. The summed E-state index contributed by atoms with van der Waals surface area (Å²) in [6, 6.07) is -0.666. The van der Waals surface area contributed by atoms with E-state index in [1.807, 2.05) is 0 Å². The van der Waals surface area contributed by atoms with Gasteiger partial charge in [-0.05, 0) is 24.8 Å². The molecule has 14 N–H and O–H groups in total. The predicted octanol–water partition coefficient (Wildman–Crippen LogP) is -2.37. The lowest BCUT2D eigenvalue weighted by Crippen LogP contribution is -2.42. The van der Waals surface area contributed by atoms with Crippen LogP contribution in [0.15, 0.2) is 5.11 Å². The average Bonchev–Trinajstić information content (AvgIpc) is 3.36. The number of carbonyl (C=O) groups is 5. The van der Waals surface area contributed by atoms with Crippen molar-refractivity contribution >= 4 is 59.7 Å². The zero-order chi connectivity index (χ0) is 60.4. The molecular weight excluding hydrogens is 1160 g/mol. The van der Waals surface area contributed by atoms with Crippen LogP contribution in [0.1, 0.15) is 57.8 Å². The second-order valence-corrected chi connectivity index (χ2v) is 25.8. The van der Waals surface area contributed by atoms with Crippen molar-refractivity contribution in [3.63, 3.8) is 0 Å². The number of aliphatic hydroxyl groups is 2. The van der Waals surface area contributed by atoms with Gasteiger partial charge in [0.05, 0.1) is 125 Å². The Bertz CT molecular complexity index is 1870. The summed E-state index contributed by atoms with van der Waals surface area (Å²) in [5.74, 6) is -2.05. The molecule has 0 fully saturated rings. The van der Waals surface area contributed by atoms with E-state index in [4.69, 9.17) is 67.7 Å². The molecule has 0 rings (SSSR count). The summed E-state index contributed by atoms with van der Waals surface area (Å²) in [5.41, 5.74) is 8.26. The fraction of sp³-hybridized carbons (Fsp3) is 0.878. The molecule has 0 aromatic rings. The highest BCUT2D eigenvalue weighted by molar-refractivity contribution is 7.74. The molecule has 5 amide bonds. The van der Waals surface area contributed by atoms with Crippen LogP contribution in [-0.4, -0.2) is 249 Å². The Labute approximate surface area is 462 Å². The lowest BCUT2D eigenvalue weighted by atomic mass is 10.3. The first-order valence-electron chi connectivity index (χ1n) is 25.1. The molecule has 0 aliphatic carbocycles. The number of hydrogen-bond donors (Lipinski definition) is 14. The Morgan fingerprint density at radius 3 is 1.10 bits per heavy atom. The van der Waals surface area contributed by atoms with Gasteiger partial charge in [0.1, 0.15) is 0 Å². The predicted molar refractivity (Wildman–Crippen MR) is 279 cm³/mol. The number of azide groups is 1. The second kappa shape index (κ2) is 43.5. The minimum absolute atomic E-state index is 0.00511. The summed E-state index contributed by atoms with van der Waals surface area (Å²) in [6.45, 7) is 2.92. The first-order chi connectivity index (χ1) is 37.6. The van der Waals surface area contributed by atoms with Crippen LogP contribution < -0.4 is 26.6 Å². The van der Waals surface area contributed by atoms with Gasteiger partial charge in [-0.25, -0.2) is 0 Å². The minimum Gasteiger partial charge on any atom is -0.379 e. The molecule has 0 bridgehead atoms. The van der Waals surface area contributed by atoms with E-state index in [0.29, 0.717) is 19.9 Å². The SMILES string of the molecule is CP(=O)(O)C(O)(CCCNC(=O)CCOCCOCCNC(=O)CCOCC(COCCC(=O)NCCOCCOCCC(=O)NCCCC(O)(P(=O)(O)O)P(=O)(O)O)NC(=O)CCOCCOCCOCCN=[N+]=[N-])P(=O)(O)O. The van der Waals surface area contributed by atoms with Crippen molar-refractivity contribution in [3.05, 3.63) is 10.4 Å². The summed E-state index contributed by atoms with van der Waals surface area (Å²) in [4.78, 5) is 129. The van der Waals surface area contributed by atoms with Crippen LogP contribution in [0.4, 0.5) is 0 Å². The molecule has 468 valence electrons. The number of nitrogens with zero attached hydrogens (tertiary/aromatic N) is 3. The lowest BCUT2D eigenvalue weighted by molar-refractivity contribution is -0.126. The summed E-state index contributed by atoms with van der Waals surface area (Å²) >= 11 is 0. The fourth-order valence-corrected chi connectivity index (χ4v) is 11.3. The summed E-state index contributed by atoms with van der Waals surface area (Å²) in [5, 5.41) is 29.6. The third-order valence-corrected chi connectivity index (χ3v) is 19.0. The van der Waals surface area contributed by atoms with Gasteiger partial charge in [-0.2, -0.15) is 0 Å². The number of nitrogens with one attached hydrogen (secondary N) is 5. The van der Waals surface area contributed by atoms with Crippen molar-refractivity contribution < 1.29 is 129 Å². The Hall–Kier alpha value is -3.14. The Balaban J connectivity index is 4.50. The van der Waals surface area contributed by atoms with E-state index < -0.39 is 71.0 Å². The van der Waals surface area contributed by atoms with Crippen LogP contribution in [0.25, 0.3) is 10.4 Å². The van der Waals surface area contributed by atoms with E-state index in [-0.39, 0.29) is 201 Å². The number of hydrogen-bond acceptors (Lipinski definition) is 21. The molecule has 3 unspecified atom stereocenters. The summed E-state index contributed by atoms with van der Waals surface area (Å²) < 4.78 is 95.0. The van der Waals surface area contributed by atoms with Crippen molar-refractivity contribution in [2.24, 2.45) is 5.11 Å². The van der Waals surface area contributed by atoms with Crippen molar-refractivity contribution in [3.8, 4) is 0 Å². The molecule has 35 nitrogen and oxygen atoms in total. The fourth-order valence-electron chi connectivity index (χ4n) is 6.08. The number of rotatable bonds is 53. The van der Waals surface area contributed by atoms with Crippen LogP contribution in [0.3, 0.4) is 0 Å². The zero-order valence-corrected chi connectivity index (χ0v) is 48.3. The van der Waals surface area contributed by atoms with Crippen LogP contribution in [0, 0.1) is 0 Å². The van der Waals surface area contributed by atoms with E-state index in [1.165, 1.54) is 0 Å². The largest absolute Gasteiger partial charge is 0.379 e. The monoisotopic (exact) mass is 1240 g/mol. The highest BCUT2D eigenvalue weighted by Crippen LogP contribution is 2.70. The molecule has 0 aliphatic heterocycles. The maximum Gasteiger partial charge on any atom is 0.369 e. The van der Waals surface area contributed by atoms with Gasteiger partial charge in [0, 0.05) is 82.8 Å². The molecule has 0 saturated heterocycles. The normalized spacial score (nSPS) is 14.0. The zero-order valence-electron chi connectivity index (χ0n) is 44.7. The van der Waals surface area contributed by atoms with E-state index in [9.17, 15) is 67.1 Å². The molecule has 0 radical (unpaired) electrons. The maximum absolute atomic E-state index is 12.7. The second-order valence-electron chi connectivity index (χ2n) is 17.1. The van der Waals surface area contributed by atoms with Crippen molar-refractivity contribution in [2.75, 3.05) is 158 Å². The molecule has 0 aromatic carbocycles. The van der Waals surface area contributed by atoms with Gasteiger partial charge in [0.2, 0.25) is 42.0 Å². The van der Waals surface area contributed by atoms with Gasteiger partial charge in [-0.15, -0.1) is 0 Å². The van der Waals surface area contributed by atoms with Gasteiger partial charge < -0.3 is 114 Å². The van der Waals surface area contributed by atoms with Crippen molar-refractivity contribution in [2.45, 2.75) is 74.0 Å². The molecule has 0 spiro atoms. The maximum atomic E-state index is 12.7. The number of amides is 5. The van der Waals surface area contributed by atoms with Crippen molar-refractivity contribution in [1.29, 1.82) is 0 Å². The third kappa shape index (κ3) is 37.1. The Kier molecular flexibility index (Phi) is 41.8. The average molecular weight is 1240 g/mol. The molecule has 0 heterocycles. The Morgan fingerprint density at radius 2 is 0.750 bits per heavy atom. The molecule has 3 atom stereocenters. The van der Waals surface area contributed by atoms with E-state index in [2.05, 4.69) is 36.6 Å². The van der Waals surface area contributed by atoms with Gasteiger partial charge in [-0.3, -0.25) is 42.2 Å². The summed E-state index contributed by atoms with van der Waals surface area (Å²) in [7, 11) is -21.1. The highest BCUT2D eigenvalue weighted by atomic mass is 31.2. The number of carbonyl (C=O) groups excluding carboxylic acids is 5. The molecule has 0 saturated carbocycles. The highest BCUT2D eigenvalue weighted by Gasteiger charge is 2.59. The van der Waals surface area contributed by atoms with Gasteiger partial charge in [0.15, 0.2) is 0 Å². The van der Waals surface area contributed by atoms with Crippen LogP contribution in [0.2, 0.25) is 0 Å². The molecule has 0 aromatic heterocycles. The molecule has 0 aliphatic rings. The molecular formula is C41H82N8O27P4. The topological polar surface area (TPSA) is 528 Å². The molecule has 39 heteroatoms. The van der Waals surface area contributed by atoms with Crippen LogP contribution >= 0.6 is 30.2 Å². The van der Waals surface area contributed by atoms with Gasteiger partial charge in [-0.1, -0.05) is 5.11 Å². The lowest BCUT2D eigenvalue weighted by Gasteiger charge is -2.30. The van der Waals surface area contributed by atoms with E-state index >= 15 is 0 Å². The third-order valence-electron chi connectivity index (χ3n) is 10.5.